The van der Waals surface area contributed by atoms with Gasteiger partial charge in [0.1, 0.15) is 0 Å². The Bertz CT molecular complexity index is 577. The topological polar surface area (TPSA) is 39.1 Å². The summed E-state index contributed by atoms with van der Waals surface area (Å²) < 4.78 is 7.38. The lowest BCUT2D eigenvalue weighted by molar-refractivity contribution is 0.0682. The Kier molecular flexibility index (Phi) is 4.46. The van der Waals surface area contributed by atoms with Crippen LogP contribution < -0.4 is 5.32 Å². The van der Waals surface area contributed by atoms with Gasteiger partial charge in [0, 0.05) is 25.5 Å². The van der Waals surface area contributed by atoms with Crippen molar-refractivity contribution in [2.45, 2.75) is 37.8 Å². The summed E-state index contributed by atoms with van der Waals surface area (Å²) in [4.78, 5) is 4.11. The van der Waals surface area contributed by atoms with Crippen molar-refractivity contribution < 1.29 is 4.74 Å². The van der Waals surface area contributed by atoms with E-state index in [2.05, 4.69) is 16.4 Å². The monoisotopic (exact) mass is 305 g/mol. The third-order valence-electron chi connectivity index (χ3n) is 4.12. The van der Waals surface area contributed by atoms with Gasteiger partial charge in [-0.25, -0.2) is 4.98 Å². The molecular formula is C16H20ClN3O. The lowest BCUT2D eigenvalue weighted by Crippen LogP contribution is -2.29. The Labute approximate surface area is 130 Å². The van der Waals surface area contributed by atoms with Crippen LogP contribution in [0, 0.1) is 0 Å². The molecule has 112 valence electrons. The van der Waals surface area contributed by atoms with Gasteiger partial charge >= 0.3 is 0 Å². The molecule has 0 radical (unpaired) electrons. The third-order valence-corrected chi connectivity index (χ3v) is 4.42. The molecule has 0 unspecified atom stereocenters. The van der Waals surface area contributed by atoms with Crippen LogP contribution >= 0.6 is 11.6 Å². The Morgan fingerprint density at radius 2 is 2.10 bits per heavy atom. The molecule has 1 N–H and O–H groups in total. The van der Waals surface area contributed by atoms with Crippen LogP contribution in [-0.4, -0.2) is 28.8 Å². The van der Waals surface area contributed by atoms with E-state index in [-0.39, 0.29) is 0 Å². The maximum atomic E-state index is 6.38. The molecule has 2 aromatic rings. The molecule has 1 aliphatic carbocycles. The minimum atomic E-state index is 0.413. The van der Waals surface area contributed by atoms with Gasteiger partial charge in [0.05, 0.1) is 28.8 Å². The van der Waals surface area contributed by atoms with Crippen molar-refractivity contribution in [1.82, 2.24) is 9.55 Å². The number of nitrogens with one attached hydrogen (secondary N) is 1. The van der Waals surface area contributed by atoms with Crippen LogP contribution in [0.2, 0.25) is 5.02 Å². The van der Waals surface area contributed by atoms with Crippen molar-refractivity contribution >= 4 is 17.3 Å². The van der Waals surface area contributed by atoms with Crippen LogP contribution in [0.5, 0.6) is 0 Å². The van der Waals surface area contributed by atoms with E-state index in [0.29, 0.717) is 12.1 Å². The van der Waals surface area contributed by atoms with Crippen LogP contribution in [0.15, 0.2) is 36.9 Å². The molecule has 0 amide bonds. The van der Waals surface area contributed by atoms with E-state index in [1.165, 1.54) is 0 Å². The van der Waals surface area contributed by atoms with Crippen LogP contribution in [0.25, 0.3) is 5.69 Å². The Morgan fingerprint density at radius 3 is 2.76 bits per heavy atom. The molecule has 0 bridgehead atoms. The van der Waals surface area contributed by atoms with E-state index >= 15 is 0 Å². The number of benzene rings is 1. The molecule has 0 saturated heterocycles. The highest BCUT2D eigenvalue weighted by atomic mass is 35.5. The molecule has 5 heteroatoms. The van der Waals surface area contributed by atoms with E-state index < -0.39 is 0 Å². The number of nitrogens with zero attached hydrogens (tertiary/aromatic N) is 2. The number of para-hydroxylation sites is 1. The van der Waals surface area contributed by atoms with E-state index in [0.717, 1.165) is 42.1 Å². The number of ether oxygens (including phenoxy) is 1. The second-order valence-electron chi connectivity index (χ2n) is 5.46. The van der Waals surface area contributed by atoms with E-state index in [4.69, 9.17) is 16.3 Å². The Morgan fingerprint density at radius 1 is 1.29 bits per heavy atom. The first-order valence-electron chi connectivity index (χ1n) is 7.34. The number of anilines is 1. The number of rotatable bonds is 4. The largest absolute Gasteiger partial charge is 0.381 e. The third kappa shape index (κ3) is 3.22. The van der Waals surface area contributed by atoms with E-state index in [1.807, 2.05) is 22.9 Å². The maximum Gasteiger partial charge on any atom is 0.0992 e. The zero-order chi connectivity index (χ0) is 14.7. The number of hydrogen-bond donors (Lipinski definition) is 1. The summed E-state index contributed by atoms with van der Waals surface area (Å²) in [6.07, 6.45) is 10.3. The van der Waals surface area contributed by atoms with E-state index in [9.17, 15) is 0 Å². The predicted molar refractivity (Wildman–Crippen MR) is 85.2 cm³/mol. The molecule has 1 aromatic heterocycles. The van der Waals surface area contributed by atoms with Gasteiger partial charge in [0.15, 0.2) is 0 Å². The summed E-state index contributed by atoms with van der Waals surface area (Å²) in [5.41, 5.74) is 2.02. The summed E-state index contributed by atoms with van der Waals surface area (Å²) in [6.45, 7) is 0. The fourth-order valence-corrected chi connectivity index (χ4v) is 3.22. The molecule has 1 fully saturated rings. The molecule has 1 heterocycles. The van der Waals surface area contributed by atoms with E-state index in [1.54, 1.807) is 19.6 Å². The summed E-state index contributed by atoms with van der Waals surface area (Å²) in [7, 11) is 1.80. The fraction of sp³-hybridized carbons (Fsp3) is 0.438. The molecular weight excluding hydrogens is 286 g/mol. The second-order valence-corrected chi connectivity index (χ2v) is 5.87. The number of hydrogen-bond acceptors (Lipinski definition) is 3. The van der Waals surface area contributed by atoms with Gasteiger partial charge < -0.3 is 14.6 Å². The van der Waals surface area contributed by atoms with Gasteiger partial charge in [-0.05, 0) is 37.8 Å². The molecule has 4 nitrogen and oxygen atoms in total. The smallest absolute Gasteiger partial charge is 0.0992 e. The molecule has 3 rings (SSSR count). The van der Waals surface area contributed by atoms with Gasteiger partial charge in [0.2, 0.25) is 0 Å². The van der Waals surface area contributed by atoms with Crippen molar-refractivity contribution in [3.63, 3.8) is 0 Å². The highest BCUT2D eigenvalue weighted by Crippen LogP contribution is 2.31. The zero-order valence-corrected chi connectivity index (χ0v) is 12.9. The first-order valence-corrected chi connectivity index (χ1v) is 7.72. The van der Waals surface area contributed by atoms with Gasteiger partial charge in [-0.3, -0.25) is 0 Å². The summed E-state index contributed by atoms with van der Waals surface area (Å²) >= 11 is 6.38. The Balaban J connectivity index is 1.79. The van der Waals surface area contributed by atoms with Crippen molar-refractivity contribution in [2.24, 2.45) is 0 Å². The van der Waals surface area contributed by atoms with Crippen LogP contribution in [0.3, 0.4) is 0 Å². The first kappa shape index (κ1) is 14.4. The highest BCUT2D eigenvalue weighted by molar-refractivity contribution is 6.33. The van der Waals surface area contributed by atoms with Crippen molar-refractivity contribution in [3.8, 4) is 5.69 Å². The average Bonchev–Trinajstić information content (AvgIpc) is 3.02. The molecule has 1 saturated carbocycles. The van der Waals surface area contributed by atoms with Crippen molar-refractivity contribution in [2.75, 3.05) is 12.4 Å². The zero-order valence-electron chi connectivity index (χ0n) is 12.1. The number of halogens is 1. The lowest BCUT2D eigenvalue weighted by Gasteiger charge is -2.29. The SMILES string of the molecule is COC1CCC(Nc2cccc(Cl)c2-n2ccnc2)CC1. The van der Waals surface area contributed by atoms with Crippen LogP contribution in [-0.2, 0) is 4.74 Å². The van der Waals surface area contributed by atoms with Crippen molar-refractivity contribution in [1.29, 1.82) is 0 Å². The molecule has 0 spiro atoms. The molecule has 1 aliphatic rings. The average molecular weight is 306 g/mol. The van der Waals surface area contributed by atoms with Gasteiger partial charge in [-0.1, -0.05) is 17.7 Å². The molecule has 0 aliphatic heterocycles. The maximum absolute atomic E-state index is 6.38. The van der Waals surface area contributed by atoms with Crippen LogP contribution in [0.4, 0.5) is 5.69 Å². The number of methoxy groups -OCH3 is 1. The molecule has 21 heavy (non-hydrogen) atoms. The normalized spacial score (nSPS) is 22.2. The predicted octanol–water partition coefficient (Wildman–Crippen LogP) is 3.90. The number of aromatic nitrogens is 2. The Hall–Kier alpha value is -1.52. The second kappa shape index (κ2) is 6.50. The summed E-state index contributed by atoms with van der Waals surface area (Å²) in [5, 5.41) is 4.36. The minimum Gasteiger partial charge on any atom is -0.381 e. The fourth-order valence-electron chi connectivity index (χ4n) is 2.95. The van der Waals surface area contributed by atoms with Crippen molar-refractivity contribution in [3.05, 3.63) is 41.9 Å². The number of imidazole rings is 1. The minimum absolute atomic E-state index is 0.413. The molecule has 1 aromatic carbocycles. The first-order chi connectivity index (χ1) is 10.3. The standard InChI is InChI=1S/C16H20ClN3O/c1-21-13-7-5-12(6-8-13)19-15-4-2-3-14(17)16(15)20-10-9-18-11-20/h2-4,9-13,19H,5-8H2,1H3. The van der Waals surface area contributed by atoms with Gasteiger partial charge in [-0.2, -0.15) is 0 Å². The van der Waals surface area contributed by atoms with Crippen LogP contribution in [0.1, 0.15) is 25.7 Å². The quantitative estimate of drug-likeness (QED) is 0.931. The highest BCUT2D eigenvalue weighted by Gasteiger charge is 2.21. The van der Waals surface area contributed by atoms with Gasteiger partial charge in [-0.15, -0.1) is 0 Å². The summed E-state index contributed by atoms with van der Waals surface area (Å²) in [5.74, 6) is 0. The summed E-state index contributed by atoms with van der Waals surface area (Å²) in [6, 6.07) is 6.43. The molecule has 0 atom stereocenters. The van der Waals surface area contributed by atoms with Gasteiger partial charge in [0.25, 0.3) is 0 Å². The lowest BCUT2D eigenvalue weighted by atomic mass is 9.92.